The summed E-state index contributed by atoms with van der Waals surface area (Å²) in [5, 5.41) is 17.2. The highest BCUT2D eigenvalue weighted by molar-refractivity contribution is 6.33. The number of aliphatic carboxylic acids is 1. The fourth-order valence-corrected chi connectivity index (χ4v) is 1.58. The van der Waals surface area contributed by atoms with Gasteiger partial charge in [-0.25, -0.2) is 4.79 Å². The Morgan fingerprint density at radius 3 is 2.44 bits per heavy atom. The van der Waals surface area contributed by atoms with Crippen LogP contribution in [-0.4, -0.2) is 22.3 Å². The fourth-order valence-electron chi connectivity index (χ4n) is 1.34. The molecule has 0 saturated heterocycles. The number of carboxylic acid groups (broad SMARTS) is 1. The first kappa shape index (κ1) is 14.6. The number of hydrogen-bond acceptors (Lipinski definition) is 3. The molecule has 0 spiro atoms. The minimum atomic E-state index is -4.70. The normalized spacial score (nSPS) is 13.4. The van der Waals surface area contributed by atoms with Gasteiger partial charge in [0.2, 0.25) is 0 Å². The summed E-state index contributed by atoms with van der Waals surface area (Å²) >= 11 is 5.53. The predicted octanol–water partition coefficient (Wildman–Crippen LogP) is 1.93. The quantitative estimate of drug-likeness (QED) is 0.740. The first-order chi connectivity index (χ1) is 8.12. The Kier molecular flexibility index (Phi) is 4.08. The molecule has 100 valence electrons. The van der Waals surface area contributed by atoms with E-state index in [0.29, 0.717) is 6.07 Å². The molecule has 0 aliphatic heterocycles. The third-order valence-corrected chi connectivity index (χ3v) is 2.52. The van der Waals surface area contributed by atoms with Gasteiger partial charge in [-0.05, 0) is 17.7 Å². The lowest BCUT2D eigenvalue weighted by Gasteiger charge is -2.14. The highest BCUT2D eigenvalue weighted by atomic mass is 35.5. The number of nitrogens with two attached hydrogens (primary N) is 1. The molecule has 8 heteroatoms. The molecule has 1 aromatic rings. The number of nitrogen functional groups attached to an aromatic ring is 1. The van der Waals surface area contributed by atoms with Gasteiger partial charge in [-0.15, -0.1) is 0 Å². The summed E-state index contributed by atoms with van der Waals surface area (Å²) in [5.74, 6) is -1.53. The van der Waals surface area contributed by atoms with E-state index in [4.69, 9.17) is 27.5 Å². The maximum absolute atomic E-state index is 12.6. The monoisotopic (exact) mass is 283 g/mol. The number of hydrogen-bond donors (Lipinski definition) is 3. The van der Waals surface area contributed by atoms with E-state index in [1.165, 1.54) is 0 Å². The lowest BCUT2D eigenvalue weighted by Crippen LogP contribution is -2.22. The van der Waals surface area contributed by atoms with Crippen LogP contribution in [0.2, 0.25) is 5.02 Å². The van der Waals surface area contributed by atoms with Crippen molar-refractivity contribution in [2.24, 2.45) is 0 Å². The SMILES string of the molecule is Nc1c(Cl)cc(CC(O)C(=O)O)cc1C(F)(F)F. The molecule has 1 rings (SSSR count). The maximum Gasteiger partial charge on any atom is 0.418 e. The van der Waals surface area contributed by atoms with Gasteiger partial charge in [-0.1, -0.05) is 11.6 Å². The average molecular weight is 284 g/mol. The van der Waals surface area contributed by atoms with Gasteiger partial charge in [0.1, 0.15) is 0 Å². The highest BCUT2D eigenvalue weighted by Gasteiger charge is 2.34. The van der Waals surface area contributed by atoms with E-state index in [0.717, 1.165) is 6.07 Å². The van der Waals surface area contributed by atoms with Gasteiger partial charge in [0.15, 0.2) is 6.10 Å². The van der Waals surface area contributed by atoms with Crippen molar-refractivity contribution in [2.75, 3.05) is 5.73 Å². The molecule has 18 heavy (non-hydrogen) atoms. The Bertz CT molecular complexity index is 476. The summed E-state index contributed by atoms with van der Waals surface area (Å²) in [6.07, 6.45) is -6.98. The van der Waals surface area contributed by atoms with Gasteiger partial charge in [-0.2, -0.15) is 13.2 Å². The van der Waals surface area contributed by atoms with Gasteiger partial charge in [0, 0.05) is 6.42 Å². The minimum absolute atomic E-state index is 0.0589. The molecule has 1 atom stereocenters. The number of aliphatic hydroxyl groups excluding tert-OH is 1. The van der Waals surface area contributed by atoms with Crippen LogP contribution in [0, 0.1) is 0 Å². The van der Waals surface area contributed by atoms with Crippen LogP contribution in [0.4, 0.5) is 18.9 Å². The fraction of sp³-hybridized carbons (Fsp3) is 0.300. The lowest BCUT2D eigenvalue weighted by molar-refractivity contribution is -0.146. The Morgan fingerprint density at radius 1 is 1.44 bits per heavy atom. The molecule has 0 amide bonds. The minimum Gasteiger partial charge on any atom is -0.479 e. The van der Waals surface area contributed by atoms with Gasteiger partial charge >= 0.3 is 12.1 Å². The van der Waals surface area contributed by atoms with E-state index in [-0.39, 0.29) is 10.6 Å². The van der Waals surface area contributed by atoms with Crippen LogP contribution in [0.25, 0.3) is 0 Å². The number of benzene rings is 1. The number of rotatable bonds is 3. The number of carbonyl (C=O) groups is 1. The Hall–Kier alpha value is -1.47. The standard InChI is InChI=1S/C10H9ClF3NO3/c11-6-2-4(3-7(16)9(17)18)1-5(8(6)15)10(12,13)14/h1-2,7,16H,3,15H2,(H,17,18). The largest absolute Gasteiger partial charge is 0.479 e. The van der Waals surface area contributed by atoms with Crippen LogP contribution < -0.4 is 5.73 Å². The van der Waals surface area contributed by atoms with Crippen molar-refractivity contribution in [3.05, 3.63) is 28.3 Å². The van der Waals surface area contributed by atoms with Gasteiger partial charge in [-0.3, -0.25) is 0 Å². The molecule has 0 bridgehead atoms. The van der Waals surface area contributed by atoms with Crippen molar-refractivity contribution in [3.8, 4) is 0 Å². The Balaban J connectivity index is 3.17. The molecule has 4 nitrogen and oxygen atoms in total. The Morgan fingerprint density at radius 2 is 2.00 bits per heavy atom. The zero-order chi connectivity index (χ0) is 14.1. The maximum atomic E-state index is 12.6. The van der Waals surface area contributed by atoms with E-state index >= 15 is 0 Å². The van der Waals surface area contributed by atoms with Gasteiger partial charge in [0.05, 0.1) is 16.3 Å². The number of alkyl halides is 3. The zero-order valence-electron chi connectivity index (χ0n) is 8.83. The summed E-state index contributed by atoms with van der Waals surface area (Å²) in [4.78, 5) is 10.4. The smallest absolute Gasteiger partial charge is 0.418 e. The van der Waals surface area contributed by atoms with Crippen molar-refractivity contribution in [3.63, 3.8) is 0 Å². The summed E-state index contributed by atoms with van der Waals surface area (Å²) in [6, 6.07) is 1.77. The molecule has 0 fully saturated rings. The second-order valence-electron chi connectivity index (χ2n) is 3.59. The van der Waals surface area contributed by atoms with E-state index in [2.05, 4.69) is 0 Å². The molecular formula is C10H9ClF3NO3. The molecule has 1 aromatic carbocycles. The van der Waals surface area contributed by atoms with Gasteiger partial charge in [0.25, 0.3) is 0 Å². The number of halogens is 4. The molecule has 0 saturated carbocycles. The van der Waals surface area contributed by atoms with E-state index in [9.17, 15) is 18.0 Å². The molecule has 1 unspecified atom stereocenters. The molecule has 0 aliphatic rings. The molecule has 0 heterocycles. The van der Waals surface area contributed by atoms with E-state index < -0.39 is 35.9 Å². The third-order valence-electron chi connectivity index (χ3n) is 2.21. The lowest BCUT2D eigenvalue weighted by atomic mass is 10.0. The average Bonchev–Trinajstić information content (AvgIpc) is 2.21. The summed E-state index contributed by atoms with van der Waals surface area (Å²) < 4.78 is 37.8. The predicted molar refractivity (Wildman–Crippen MR) is 58.2 cm³/mol. The van der Waals surface area contributed by atoms with Crippen LogP contribution >= 0.6 is 11.6 Å². The molecule has 4 N–H and O–H groups in total. The summed E-state index contributed by atoms with van der Waals surface area (Å²) in [6.45, 7) is 0. The van der Waals surface area contributed by atoms with E-state index in [1.54, 1.807) is 0 Å². The Labute approximate surface area is 105 Å². The first-order valence-electron chi connectivity index (χ1n) is 4.69. The van der Waals surface area contributed by atoms with Crippen molar-refractivity contribution in [1.82, 2.24) is 0 Å². The van der Waals surface area contributed by atoms with Crippen LogP contribution in [0.15, 0.2) is 12.1 Å². The van der Waals surface area contributed by atoms with Crippen molar-refractivity contribution >= 4 is 23.3 Å². The molecule has 0 aliphatic carbocycles. The number of anilines is 1. The second-order valence-corrected chi connectivity index (χ2v) is 4.00. The summed E-state index contributed by atoms with van der Waals surface area (Å²) in [7, 11) is 0. The third kappa shape index (κ3) is 3.27. The van der Waals surface area contributed by atoms with E-state index in [1.807, 2.05) is 0 Å². The second kappa shape index (κ2) is 5.03. The zero-order valence-corrected chi connectivity index (χ0v) is 9.59. The topological polar surface area (TPSA) is 83.5 Å². The van der Waals surface area contributed by atoms with Crippen molar-refractivity contribution in [2.45, 2.75) is 18.7 Å². The molecule has 0 aromatic heterocycles. The van der Waals surface area contributed by atoms with Crippen LogP contribution in [0.1, 0.15) is 11.1 Å². The van der Waals surface area contributed by atoms with Crippen LogP contribution in [0.3, 0.4) is 0 Å². The van der Waals surface area contributed by atoms with Crippen molar-refractivity contribution in [1.29, 1.82) is 0 Å². The first-order valence-corrected chi connectivity index (χ1v) is 5.06. The molecule has 0 radical (unpaired) electrons. The van der Waals surface area contributed by atoms with Crippen LogP contribution in [0.5, 0.6) is 0 Å². The van der Waals surface area contributed by atoms with Gasteiger partial charge < -0.3 is 15.9 Å². The number of carboxylic acids is 1. The van der Waals surface area contributed by atoms with Crippen molar-refractivity contribution < 1.29 is 28.2 Å². The number of aliphatic hydroxyl groups is 1. The van der Waals surface area contributed by atoms with Crippen LogP contribution in [-0.2, 0) is 17.4 Å². The molecular weight excluding hydrogens is 275 g/mol. The highest BCUT2D eigenvalue weighted by Crippen LogP contribution is 2.37. The summed E-state index contributed by atoms with van der Waals surface area (Å²) in [5.41, 5.74) is 3.36.